The summed E-state index contributed by atoms with van der Waals surface area (Å²) in [5.41, 5.74) is -0.809. The van der Waals surface area contributed by atoms with Crippen molar-refractivity contribution in [3.63, 3.8) is 0 Å². The molecule has 0 bridgehead atoms. The first kappa shape index (κ1) is 15.0. The highest BCUT2D eigenvalue weighted by atomic mass is 16.4. The van der Waals surface area contributed by atoms with Crippen molar-refractivity contribution < 1.29 is 14.7 Å². The Balaban J connectivity index is 2.78. The highest BCUT2D eigenvalue weighted by molar-refractivity contribution is 5.85. The van der Waals surface area contributed by atoms with Crippen molar-refractivity contribution in [2.45, 2.75) is 58.8 Å². The minimum absolute atomic E-state index is 0.00991. The maximum Gasteiger partial charge on any atom is 0.310 e. The smallest absolute Gasteiger partial charge is 0.310 e. The molecule has 1 saturated carbocycles. The van der Waals surface area contributed by atoms with E-state index in [0.29, 0.717) is 25.9 Å². The van der Waals surface area contributed by atoms with Crippen LogP contribution in [0.25, 0.3) is 0 Å². The average molecular weight is 255 g/mol. The molecule has 4 heteroatoms. The summed E-state index contributed by atoms with van der Waals surface area (Å²) < 4.78 is 0. The molecule has 0 aliphatic heterocycles. The Hall–Kier alpha value is -1.06. The number of nitrogens with zero attached hydrogens (tertiary/aromatic N) is 1. The van der Waals surface area contributed by atoms with E-state index in [-0.39, 0.29) is 12.3 Å². The molecule has 0 aromatic carbocycles. The predicted molar refractivity (Wildman–Crippen MR) is 70.3 cm³/mol. The zero-order chi connectivity index (χ0) is 13.6. The molecule has 18 heavy (non-hydrogen) atoms. The van der Waals surface area contributed by atoms with Crippen LogP contribution in [-0.2, 0) is 9.59 Å². The molecule has 4 nitrogen and oxygen atoms in total. The molecule has 0 atom stereocenters. The van der Waals surface area contributed by atoms with Crippen molar-refractivity contribution in [3.05, 3.63) is 0 Å². The van der Waals surface area contributed by atoms with E-state index < -0.39 is 11.4 Å². The summed E-state index contributed by atoms with van der Waals surface area (Å²) in [6.45, 7) is 5.18. The Labute approximate surface area is 109 Å². The van der Waals surface area contributed by atoms with Crippen molar-refractivity contribution in [2.75, 3.05) is 13.1 Å². The van der Waals surface area contributed by atoms with E-state index in [1.54, 1.807) is 4.90 Å². The molecule has 1 rings (SSSR count). The van der Waals surface area contributed by atoms with Crippen LogP contribution < -0.4 is 0 Å². The quantitative estimate of drug-likeness (QED) is 0.768. The summed E-state index contributed by atoms with van der Waals surface area (Å²) >= 11 is 0. The fourth-order valence-corrected chi connectivity index (χ4v) is 2.85. The van der Waals surface area contributed by atoms with Gasteiger partial charge < -0.3 is 10.0 Å². The Kier molecular flexibility index (Phi) is 5.63. The zero-order valence-corrected chi connectivity index (χ0v) is 11.6. The molecular formula is C14H25NO3. The Morgan fingerprint density at radius 3 is 1.94 bits per heavy atom. The highest BCUT2D eigenvalue weighted by Gasteiger charge is 2.41. The molecular weight excluding hydrogens is 230 g/mol. The van der Waals surface area contributed by atoms with Gasteiger partial charge in [-0.1, -0.05) is 25.7 Å². The van der Waals surface area contributed by atoms with E-state index in [2.05, 4.69) is 0 Å². The maximum atomic E-state index is 12.2. The Morgan fingerprint density at radius 1 is 1.06 bits per heavy atom. The van der Waals surface area contributed by atoms with Gasteiger partial charge in [0.05, 0.1) is 5.41 Å². The van der Waals surface area contributed by atoms with Gasteiger partial charge in [-0.2, -0.15) is 0 Å². The molecule has 0 radical (unpaired) electrons. The summed E-state index contributed by atoms with van der Waals surface area (Å²) in [4.78, 5) is 25.5. The average Bonchev–Trinajstić information content (AvgIpc) is 2.57. The van der Waals surface area contributed by atoms with Crippen LogP contribution in [0.1, 0.15) is 58.8 Å². The van der Waals surface area contributed by atoms with Crippen LogP contribution in [0.15, 0.2) is 0 Å². The molecule has 1 fully saturated rings. The number of rotatable bonds is 5. The van der Waals surface area contributed by atoms with Crippen molar-refractivity contribution in [1.82, 2.24) is 4.90 Å². The highest BCUT2D eigenvalue weighted by Crippen LogP contribution is 2.38. The molecule has 0 saturated heterocycles. The van der Waals surface area contributed by atoms with E-state index in [9.17, 15) is 14.7 Å². The Morgan fingerprint density at radius 2 is 1.56 bits per heavy atom. The Bertz CT molecular complexity index is 289. The van der Waals surface area contributed by atoms with E-state index in [4.69, 9.17) is 0 Å². The number of amides is 1. The van der Waals surface area contributed by atoms with Crippen LogP contribution in [0.4, 0.5) is 0 Å². The van der Waals surface area contributed by atoms with Crippen LogP contribution in [0.5, 0.6) is 0 Å². The standard InChI is InChI=1S/C14H25NO3/c1-3-15(4-2)12(16)11-14(13(17)18)9-7-5-6-8-10-14/h3-11H2,1-2H3,(H,17,18). The van der Waals surface area contributed by atoms with Gasteiger partial charge in [0.2, 0.25) is 5.91 Å². The fraction of sp³-hybridized carbons (Fsp3) is 0.857. The lowest BCUT2D eigenvalue weighted by atomic mass is 9.77. The third-order valence-electron chi connectivity index (χ3n) is 4.12. The third kappa shape index (κ3) is 3.47. The normalized spacial score (nSPS) is 19.0. The molecule has 1 amide bonds. The summed E-state index contributed by atoms with van der Waals surface area (Å²) in [7, 11) is 0. The van der Waals surface area contributed by atoms with E-state index >= 15 is 0 Å². The van der Waals surface area contributed by atoms with Gasteiger partial charge >= 0.3 is 5.97 Å². The van der Waals surface area contributed by atoms with Gasteiger partial charge in [-0.3, -0.25) is 9.59 Å². The SMILES string of the molecule is CCN(CC)C(=O)CC1(C(=O)O)CCCCCC1. The number of aliphatic carboxylic acids is 1. The first-order valence-electron chi connectivity index (χ1n) is 7.07. The molecule has 1 aliphatic carbocycles. The monoisotopic (exact) mass is 255 g/mol. The number of carbonyl (C=O) groups excluding carboxylic acids is 1. The lowest BCUT2D eigenvalue weighted by molar-refractivity contribution is -0.154. The fourth-order valence-electron chi connectivity index (χ4n) is 2.85. The second kappa shape index (κ2) is 6.76. The minimum atomic E-state index is -0.809. The molecule has 0 spiro atoms. The molecule has 0 aromatic heterocycles. The minimum Gasteiger partial charge on any atom is -0.481 e. The van der Waals surface area contributed by atoms with Gasteiger partial charge in [0.15, 0.2) is 0 Å². The largest absolute Gasteiger partial charge is 0.481 e. The summed E-state index contributed by atoms with van der Waals surface area (Å²) in [6, 6.07) is 0. The molecule has 104 valence electrons. The van der Waals surface area contributed by atoms with Crippen LogP contribution >= 0.6 is 0 Å². The maximum absolute atomic E-state index is 12.2. The van der Waals surface area contributed by atoms with Gasteiger partial charge in [0.25, 0.3) is 0 Å². The lowest BCUT2D eigenvalue weighted by Crippen LogP contribution is -2.39. The second-order valence-electron chi connectivity index (χ2n) is 5.24. The van der Waals surface area contributed by atoms with Crippen molar-refractivity contribution in [1.29, 1.82) is 0 Å². The van der Waals surface area contributed by atoms with Gasteiger partial charge in [0, 0.05) is 19.5 Å². The first-order valence-corrected chi connectivity index (χ1v) is 7.07. The zero-order valence-electron chi connectivity index (χ0n) is 11.6. The van der Waals surface area contributed by atoms with E-state index in [0.717, 1.165) is 25.7 Å². The van der Waals surface area contributed by atoms with Crippen LogP contribution in [-0.4, -0.2) is 35.0 Å². The van der Waals surface area contributed by atoms with Crippen molar-refractivity contribution in [2.24, 2.45) is 5.41 Å². The van der Waals surface area contributed by atoms with Gasteiger partial charge in [0.1, 0.15) is 0 Å². The van der Waals surface area contributed by atoms with E-state index in [1.165, 1.54) is 0 Å². The van der Waals surface area contributed by atoms with Gasteiger partial charge in [-0.25, -0.2) is 0 Å². The predicted octanol–water partition coefficient (Wildman–Crippen LogP) is 2.67. The van der Waals surface area contributed by atoms with Gasteiger partial charge in [-0.05, 0) is 26.7 Å². The summed E-state index contributed by atoms with van der Waals surface area (Å²) in [5, 5.41) is 9.52. The third-order valence-corrected chi connectivity index (χ3v) is 4.12. The first-order chi connectivity index (χ1) is 8.55. The molecule has 1 aliphatic rings. The van der Waals surface area contributed by atoms with E-state index in [1.807, 2.05) is 13.8 Å². The van der Waals surface area contributed by atoms with Crippen molar-refractivity contribution in [3.8, 4) is 0 Å². The number of carboxylic acids is 1. The second-order valence-corrected chi connectivity index (χ2v) is 5.24. The molecule has 1 N–H and O–H groups in total. The van der Waals surface area contributed by atoms with Crippen LogP contribution in [0, 0.1) is 5.41 Å². The summed E-state index contributed by atoms with van der Waals surface area (Å²) in [6.07, 6.45) is 5.51. The molecule has 0 heterocycles. The van der Waals surface area contributed by atoms with Crippen molar-refractivity contribution >= 4 is 11.9 Å². The molecule has 0 aromatic rings. The number of hydrogen-bond donors (Lipinski definition) is 1. The topological polar surface area (TPSA) is 57.6 Å². The molecule has 0 unspecified atom stereocenters. The van der Waals surface area contributed by atoms with Crippen LogP contribution in [0.2, 0.25) is 0 Å². The number of carbonyl (C=O) groups is 2. The summed E-state index contributed by atoms with van der Waals surface area (Å²) in [5.74, 6) is -0.797. The van der Waals surface area contributed by atoms with Crippen LogP contribution in [0.3, 0.4) is 0 Å². The number of hydrogen-bond acceptors (Lipinski definition) is 2. The number of carboxylic acid groups (broad SMARTS) is 1. The lowest BCUT2D eigenvalue weighted by Gasteiger charge is -2.30. The van der Waals surface area contributed by atoms with Gasteiger partial charge in [-0.15, -0.1) is 0 Å².